The van der Waals surface area contributed by atoms with Gasteiger partial charge in [-0.25, -0.2) is 0 Å². The summed E-state index contributed by atoms with van der Waals surface area (Å²) in [4.78, 5) is 0. The second-order valence-electron chi connectivity index (χ2n) is 5.08. The Hall–Kier alpha value is -1.26. The minimum Gasteiger partial charge on any atom is -0.497 e. The summed E-state index contributed by atoms with van der Waals surface area (Å²) >= 11 is 0. The lowest BCUT2D eigenvalue weighted by molar-refractivity contribution is 0.0251. The van der Waals surface area contributed by atoms with Crippen LogP contribution >= 0.6 is 0 Å². The monoisotopic (exact) mass is 265 g/mol. The molecule has 0 spiro atoms. The van der Waals surface area contributed by atoms with E-state index in [4.69, 9.17) is 19.9 Å². The highest BCUT2D eigenvalue weighted by atomic mass is 16.5. The Morgan fingerprint density at radius 3 is 2.74 bits per heavy atom. The second kappa shape index (κ2) is 6.78. The number of ether oxygens (including phenoxy) is 3. The summed E-state index contributed by atoms with van der Waals surface area (Å²) < 4.78 is 16.7. The summed E-state index contributed by atoms with van der Waals surface area (Å²) in [6, 6.07) is 6.02. The van der Waals surface area contributed by atoms with Crippen molar-refractivity contribution >= 4 is 0 Å². The SMILES string of the molecule is COc1ccc(OC2CCOCC2)c(CC(C)N)c1. The smallest absolute Gasteiger partial charge is 0.123 e. The standard InChI is InChI=1S/C15H23NO3/c1-11(16)9-12-10-14(17-2)3-4-15(12)19-13-5-7-18-8-6-13/h3-4,10-11,13H,5-9,16H2,1-2H3. The Bertz CT molecular complexity index is 400. The molecule has 19 heavy (non-hydrogen) atoms. The number of rotatable bonds is 5. The lowest BCUT2D eigenvalue weighted by Crippen LogP contribution is -2.26. The first-order valence-electron chi connectivity index (χ1n) is 6.86. The molecule has 4 heteroatoms. The van der Waals surface area contributed by atoms with Gasteiger partial charge in [0, 0.05) is 18.9 Å². The highest BCUT2D eigenvalue weighted by Crippen LogP contribution is 2.27. The van der Waals surface area contributed by atoms with E-state index in [1.54, 1.807) is 7.11 Å². The van der Waals surface area contributed by atoms with Crippen LogP contribution in [0.1, 0.15) is 25.3 Å². The molecular formula is C15H23NO3. The topological polar surface area (TPSA) is 53.7 Å². The first-order chi connectivity index (χ1) is 9.19. The molecular weight excluding hydrogens is 242 g/mol. The van der Waals surface area contributed by atoms with Gasteiger partial charge >= 0.3 is 0 Å². The molecule has 1 heterocycles. The van der Waals surface area contributed by atoms with Gasteiger partial charge in [0.25, 0.3) is 0 Å². The van der Waals surface area contributed by atoms with Crippen LogP contribution in [-0.4, -0.2) is 32.5 Å². The van der Waals surface area contributed by atoms with E-state index in [2.05, 4.69) is 0 Å². The first-order valence-corrected chi connectivity index (χ1v) is 6.86. The van der Waals surface area contributed by atoms with E-state index >= 15 is 0 Å². The van der Waals surface area contributed by atoms with E-state index in [1.165, 1.54) is 0 Å². The van der Waals surface area contributed by atoms with Crippen molar-refractivity contribution in [1.82, 2.24) is 0 Å². The molecule has 1 aromatic rings. The molecule has 1 aliphatic heterocycles. The zero-order valence-corrected chi connectivity index (χ0v) is 11.7. The average molecular weight is 265 g/mol. The predicted molar refractivity (Wildman–Crippen MR) is 74.8 cm³/mol. The molecule has 1 atom stereocenters. The largest absolute Gasteiger partial charge is 0.497 e. The maximum Gasteiger partial charge on any atom is 0.123 e. The van der Waals surface area contributed by atoms with Crippen LogP contribution in [0.4, 0.5) is 0 Å². The van der Waals surface area contributed by atoms with Gasteiger partial charge in [0.05, 0.1) is 20.3 Å². The van der Waals surface area contributed by atoms with Gasteiger partial charge in [0.1, 0.15) is 17.6 Å². The quantitative estimate of drug-likeness (QED) is 0.886. The third kappa shape index (κ3) is 4.11. The number of benzene rings is 1. The van der Waals surface area contributed by atoms with E-state index in [1.807, 2.05) is 25.1 Å². The van der Waals surface area contributed by atoms with Crippen LogP contribution in [0.5, 0.6) is 11.5 Å². The van der Waals surface area contributed by atoms with E-state index in [0.29, 0.717) is 0 Å². The molecule has 106 valence electrons. The summed E-state index contributed by atoms with van der Waals surface area (Å²) in [5, 5.41) is 0. The molecule has 1 aromatic carbocycles. The molecule has 0 amide bonds. The third-order valence-electron chi connectivity index (χ3n) is 3.27. The minimum atomic E-state index is 0.101. The Kier molecular flexibility index (Phi) is 5.05. The van der Waals surface area contributed by atoms with Crippen molar-refractivity contribution in [3.05, 3.63) is 23.8 Å². The van der Waals surface area contributed by atoms with Crippen LogP contribution in [-0.2, 0) is 11.2 Å². The molecule has 0 saturated carbocycles. The fourth-order valence-electron chi connectivity index (χ4n) is 2.28. The zero-order chi connectivity index (χ0) is 13.7. The zero-order valence-electron chi connectivity index (χ0n) is 11.7. The Morgan fingerprint density at radius 1 is 1.37 bits per heavy atom. The van der Waals surface area contributed by atoms with Gasteiger partial charge in [0.2, 0.25) is 0 Å². The fraction of sp³-hybridized carbons (Fsp3) is 0.600. The predicted octanol–water partition coefficient (Wildman–Crippen LogP) is 2.14. The van der Waals surface area contributed by atoms with Crippen LogP contribution in [0.25, 0.3) is 0 Å². The van der Waals surface area contributed by atoms with Gasteiger partial charge < -0.3 is 19.9 Å². The third-order valence-corrected chi connectivity index (χ3v) is 3.27. The number of hydrogen-bond acceptors (Lipinski definition) is 4. The second-order valence-corrected chi connectivity index (χ2v) is 5.08. The van der Waals surface area contributed by atoms with Gasteiger partial charge in [-0.05, 0) is 37.1 Å². The Morgan fingerprint density at radius 2 is 2.11 bits per heavy atom. The van der Waals surface area contributed by atoms with Gasteiger partial charge in [-0.2, -0.15) is 0 Å². The Balaban J connectivity index is 2.12. The molecule has 0 bridgehead atoms. The summed E-state index contributed by atoms with van der Waals surface area (Å²) in [7, 11) is 1.67. The van der Waals surface area contributed by atoms with E-state index in [0.717, 1.165) is 49.5 Å². The maximum atomic E-state index is 6.10. The van der Waals surface area contributed by atoms with Gasteiger partial charge in [-0.15, -0.1) is 0 Å². The number of nitrogens with two attached hydrogens (primary N) is 1. The minimum absolute atomic E-state index is 0.101. The number of hydrogen-bond donors (Lipinski definition) is 1. The highest BCUT2D eigenvalue weighted by molar-refractivity contribution is 5.41. The molecule has 0 aliphatic carbocycles. The van der Waals surface area contributed by atoms with Crippen molar-refractivity contribution in [3.63, 3.8) is 0 Å². The lowest BCUT2D eigenvalue weighted by atomic mass is 10.1. The van der Waals surface area contributed by atoms with Gasteiger partial charge in [0.15, 0.2) is 0 Å². The summed E-state index contributed by atoms with van der Waals surface area (Å²) in [5.41, 5.74) is 7.01. The molecule has 1 unspecified atom stereocenters. The summed E-state index contributed by atoms with van der Waals surface area (Å²) in [6.45, 7) is 3.56. The van der Waals surface area contributed by atoms with Crippen LogP contribution in [0.15, 0.2) is 18.2 Å². The highest BCUT2D eigenvalue weighted by Gasteiger charge is 2.17. The average Bonchev–Trinajstić information content (AvgIpc) is 2.41. The lowest BCUT2D eigenvalue weighted by Gasteiger charge is -2.25. The van der Waals surface area contributed by atoms with Crippen molar-refractivity contribution in [3.8, 4) is 11.5 Å². The normalized spacial score (nSPS) is 18.1. The van der Waals surface area contributed by atoms with Gasteiger partial charge in [-0.1, -0.05) is 0 Å². The maximum absolute atomic E-state index is 6.10. The molecule has 1 saturated heterocycles. The molecule has 2 rings (SSSR count). The van der Waals surface area contributed by atoms with Crippen molar-refractivity contribution < 1.29 is 14.2 Å². The molecule has 0 aromatic heterocycles. The summed E-state index contributed by atoms with van der Waals surface area (Å²) in [5.74, 6) is 1.76. The van der Waals surface area contributed by atoms with Crippen molar-refractivity contribution in [2.75, 3.05) is 20.3 Å². The van der Waals surface area contributed by atoms with Gasteiger partial charge in [-0.3, -0.25) is 0 Å². The van der Waals surface area contributed by atoms with Crippen molar-refractivity contribution in [2.45, 2.75) is 38.3 Å². The van der Waals surface area contributed by atoms with Crippen molar-refractivity contribution in [2.24, 2.45) is 5.73 Å². The summed E-state index contributed by atoms with van der Waals surface area (Å²) in [6.07, 6.45) is 2.93. The molecule has 1 aliphatic rings. The van der Waals surface area contributed by atoms with Crippen LogP contribution in [0.3, 0.4) is 0 Å². The first kappa shape index (κ1) is 14.2. The molecule has 2 N–H and O–H groups in total. The van der Waals surface area contributed by atoms with E-state index < -0.39 is 0 Å². The van der Waals surface area contributed by atoms with E-state index in [9.17, 15) is 0 Å². The fourth-order valence-corrected chi connectivity index (χ4v) is 2.28. The van der Waals surface area contributed by atoms with Crippen molar-refractivity contribution in [1.29, 1.82) is 0 Å². The van der Waals surface area contributed by atoms with E-state index in [-0.39, 0.29) is 12.1 Å². The van der Waals surface area contributed by atoms with Crippen LogP contribution < -0.4 is 15.2 Å². The molecule has 4 nitrogen and oxygen atoms in total. The van der Waals surface area contributed by atoms with Crippen LogP contribution in [0.2, 0.25) is 0 Å². The Labute approximate surface area is 114 Å². The molecule has 1 fully saturated rings. The number of methoxy groups -OCH3 is 1. The van der Waals surface area contributed by atoms with Crippen LogP contribution in [0, 0.1) is 0 Å². The molecule has 0 radical (unpaired) electrons.